The van der Waals surface area contributed by atoms with Crippen molar-refractivity contribution in [3.63, 3.8) is 0 Å². The number of hydrogen-bond acceptors (Lipinski definition) is 8. The lowest BCUT2D eigenvalue weighted by atomic mass is 10.2. The maximum atomic E-state index is 12.6. The number of hydrogen-bond donors (Lipinski definition) is 1. The fourth-order valence-electron chi connectivity index (χ4n) is 2.59. The largest absolute Gasteiger partial charge is 0.342 e. The number of nitro groups is 1. The second-order valence-electron chi connectivity index (χ2n) is 6.30. The van der Waals surface area contributed by atoms with Crippen LogP contribution < -0.4 is 5.32 Å². The van der Waals surface area contributed by atoms with Crippen LogP contribution in [-0.2, 0) is 9.84 Å². The standard InChI is InChI=1S/C17H15ClN6O5S/c1-10(22-17(25)11-5-12(18)7-14(6-11)30(2,28)29)16-20-9-21-23(16)15-4-3-13(8-19-15)24(26)27/h3-10H,1-2H3,(H,22,25). The van der Waals surface area contributed by atoms with Crippen LogP contribution in [0.15, 0.2) is 47.8 Å². The van der Waals surface area contributed by atoms with E-state index in [0.29, 0.717) is 5.82 Å². The van der Waals surface area contributed by atoms with Gasteiger partial charge in [0.15, 0.2) is 21.5 Å². The van der Waals surface area contributed by atoms with E-state index in [4.69, 9.17) is 11.6 Å². The zero-order valence-corrected chi connectivity index (χ0v) is 17.3. The van der Waals surface area contributed by atoms with E-state index in [9.17, 15) is 23.3 Å². The summed E-state index contributed by atoms with van der Waals surface area (Å²) in [5.74, 6) is 0.0208. The van der Waals surface area contributed by atoms with Crippen LogP contribution in [0.1, 0.15) is 29.1 Å². The van der Waals surface area contributed by atoms with Crippen molar-refractivity contribution < 1.29 is 18.1 Å². The first kappa shape index (κ1) is 21.3. The Labute approximate surface area is 175 Å². The first-order valence-corrected chi connectivity index (χ1v) is 10.7. The molecule has 2 heterocycles. The lowest BCUT2D eigenvalue weighted by Gasteiger charge is -2.15. The van der Waals surface area contributed by atoms with E-state index in [0.717, 1.165) is 12.5 Å². The lowest BCUT2D eigenvalue weighted by Crippen LogP contribution is -2.29. The van der Waals surface area contributed by atoms with E-state index in [2.05, 4.69) is 20.4 Å². The summed E-state index contributed by atoms with van der Waals surface area (Å²) < 4.78 is 24.9. The van der Waals surface area contributed by atoms with E-state index < -0.39 is 26.7 Å². The van der Waals surface area contributed by atoms with Gasteiger partial charge in [-0.3, -0.25) is 14.9 Å². The normalized spacial score (nSPS) is 12.4. The highest BCUT2D eigenvalue weighted by Gasteiger charge is 2.20. The maximum Gasteiger partial charge on any atom is 0.287 e. The highest BCUT2D eigenvalue weighted by molar-refractivity contribution is 7.90. The molecule has 0 saturated heterocycles. The number of halogens is 1. The quantitative estimate of drug-likeness (QED) is 0.443. The minimum atomic E-state index is -3.55. The van der Waals surface area contributed by atoms with E-state index in [1.165, 1.54) is 41.3 Å². The van der Waals surface area contributed by atoms with Gasteiger partial charge < -0.3 is 5.32 Å². The monoisotopic (exact) mass is 450 g/mol. The molecule has 3 aromatic rings. The molecule has 0 saturated carbocycles. The first-order valence-electron chi connectivity index (χ1n) is 8.38. The van der Waals surface area contributed by atoms with Crippen molar-refractivity contribution in [2.75, 3.05) is 6.26 Å². The molecule has 13 heteroatoms. The van der Waals surface area contributed by atoms with Gasteiger partial charge in [0.1, 0.15) is 12.5 Å². The van der Waals surface area contributed by atoms with Gasteiger partial charge in [-0.25, -0.2) is 18.4 Å². The van der Waals surface area contributed by atoms with Gasteiger partial charge in [0.2, 0.25) is 0 Å². The van der Waals surface area contributed by atoms with Gasteiger partial charge in [0.25, 0.3) is 11.6 Å². The maximum absolute atomic E-state index is 12.6. The van der Waals surface area contributed by atoms with E-state index in [-0.39, 0.29) is 27.0 Å². The second kappa shape index (κ2) is 8.16. The Morgan fingerprint density at radius 2 is 2.00 bits per heavy atom. The molecule has 0 radical (unpaired) electrons. The predicted molar refractivity (Wildman–Crippen MR) is 106 cm³/mol. The molecule has 2 aromatic heterocycles. The Kier molecular flexibility index (Phi) is 5.80. The highest BCUT2D eigenvalue weighted by Crippen LogP contribution is 2.21. The fraction of sp³-hybridized carbons (Fsp3) is 0.176. The number of benzene rings is 1. The molecular formula is C17H15ClN6O5S. The Balaban J connectivity index is 1.85. The summed E-state index contributed by atoms with van der Waals surface area (Å²) >= 11 is 5.95. The molecule has 0 bridgehead atoms. The van der Waals surface area contributed by atoms with Crippen LogP contribution in [0.5, 0.6) is 0 Å². The summed E-state index contributed by atoms with van der Waals surface area (Å²) in [4.78, 5) is 30.9. The molecule has 0 aliphatic rings. The Bertz CT molecular complexity index is 1230. The second-order valence-corrected chi connectivity index (χ2v) is 8.76. The summed E-state index contributed by atoms with van der Waals surface area (Å²) in [5.41, 5.74) is -0.112. The molecule has 0 aliphatic heterocycles. The summed E-state index contributed by atoms with van der Waals surface area (Å²) in [6.45, 7) is 1.64. The van der Waals surface area contributed by atoms with Crippen molar-refractivity contribution in [1.29, 1.82) is 0 Å². The van der Waals surface area contributed by atoms with Gasteiger partial charge in [0, 0.05) is 22.9 Å². The van der Waals surface area contributed by atoms with Crippen LogP contribution in [-0.4, -0.2) is 45.3 Å². The number of rotatable bonds is 6. The molecular weight excluding hydrogens is 436 g/mol. The number of amides is 1. The zero-order valence-electron chi connectivity index (χ0n) is 15.7. The summed E-state index contributed by atoms with van der Waals surface area (Å²) in [6, 6.07) is 5.86. The van der Waals surface area contributed by atoms with Crippen LogP contribution in [0.2, 0.25) is 5.02 Å². The van der Waals surface area contributed by atoms with Crippen LogP contribution in [0.4, 0.5) is 5.69 Å². The van der Waals surface area contributed by atoms with Crippen molar-refractivity contribution in [3.05, 3.63) is 69.4 Å². The van der Waals surface area contributed by atoms with E-state index in [1.807, 2.05) is 0 Å². The third-order valence-electron chi connectivity index (χ3n) is 4.03. The Hall–Kier alpha value is -3.38. The van der Waals surface area contributed by atoms with Crippen molar-refractivity contribution in [2.45, 2.75) is 17.9 Å². The minimum absolute atomic E-state index is 0.0642. The van der Waals surface area contributed by atoms with Gasteiger partial charge in [0.05, 0.1) is 15.9 Å². The summed E-state index contributed by atoms with van der Waals surface area (Å²) in [7, 11) is -3.55. The molecule has 11 nitrogen and oxygen atoms in total. The number of sulfone groups is 1. The van der Waals surface area contributed by atoms with Gasteiger partial charge in [-0.15, -0.1) is 0 Å². The summed E-state index contributed by atoms with van der Waals surface area (Å²) in [6.07, 6.45) is 3.35. The average Bonchev–Trinajstić information content (AvgIpc) is 3.16. The smallest absolute Gasteiger partial charge is 0.287 e. The van der Waals surface area contributed by atoms with Gasteiger partial charge in [-0.2, -0.15) is 9.78 Å². The van der Waals surface area contributed by atoms with Crippen LogP contribution in [0.3, 0.4) is 0 Å². The number of carbonyl (C=O) groups is 1. The summed E-state index contributed by atoms with van der Waals surface area (Å²) in [5, 5.41) is 17.6. The van der Waals surface area contributed by atoms with Gasteiger partial charge in [-0.1, -0.05) is 11.6 Å². The van der Waals surface area contributed by atoms with E-state index >= 15 is 0 Å². The van der Waals surface area contributed by atoms with Crippen molar-refractivity contribution in [1.82, 2.24) is 25.1 Å². The van der Waals surface area contributed by atoms with Crippen LogP contribution >= 0.6 is 11.6 Å². The zero-order chi connectivity index (χ0) is 22.1. The molecule has 1 amide bonds. The molecule has 0 aliphatic carbocycles. The molecule has 156 valence electrons. The molecule has 30 heavy (non-hydrogen) atoms. The SMILES string of the molecule is CC(NC(=O)c1cc(Cl)cc(S(C)(=O)=O)c1)c1ncnn1-c1ccc([N+](=O)[O-])cn1. The Morgan fingerprint density at radius 1 is 1.27 bits per heavy atom. The third kappa shape index (κ3) is 4.60. The molecule has 1 aromatic carbocycles. The topological polar surface area (TPSA) is 150 Å². The molecule has 0 fully saturated rings. The fourth-order valence-corrected chi connectivity index (χ4v) is 3.57. The highest BCUT2D eigenvalue weighted by atomic mass is 35.5. The lowest BCUT2D eigenvalue weighted by molar-refractivity contribution is -0.385. The minimum Gasteiger partial charge on any atom is -0.342 e. The van der Waals surface area contributed by atoms with Crippen molar-refractivity contribution in [2.24, 2.45) is 0 Å². The number of nitrogens with zero attached hydrogens (tertiary/aromatic N) is 5. The third-order valence-corrected chi connectivity index (χ3v) is 5.34. The molecule has 0 spiro atoms. The molecule has 3 rings (SSSR count). The van der Waals surface area contributed by atoms with Crippen molar-refractivity contribution in [3.8, 4) is 5.82 Å². The van der Waals surface area contributed by atoms with Crippen molar-refractivity contribution >= 4 is 33.0 Å². The Morgan fingerprint density at radius 3 is 2.60 bits per heavy atom. The van der Waals surface area contributed by atoms with Gasteiger partial charge >= 0.3 is 0 Å². The predicted octanol–water partition coefficient (Wildman–Crippen LogP) is 2.12. The average molecular weight is 451 g/mol. The number of carbonyl (C=O) groups excluding carboxylic acids is 1. The molecule has 1 N–H and O–H groups in total. The molecule has 1 unspecified atom stereocenters. The number of nitrogens with one attached hydrogen (secondary N) is 1. The first-order chi connectivity index (χ1) is 14.1. The number of aromatic nitrogens is 4. The van der Waals surface area contributed by atoms with Crippen LogP contribution in [0.25, 0.3) is 5.82 Å². The number of pyridine rings is 1. The van der Waals surface area contributed by atoms with Crippen LogP contribution in [0, 0.1) is 10.1 Å². The molecule has 1 atom stereocenters. The van der Waals surface area contributed by atoms with Gasteiger partial charge in [-0.05, 0) is 31.2 Å². The van der Waals surface area contributed by atoms with E-state index in [1.54, 1.807) is 6.92 Å².